The van der Waals surface area contributed by atoms with E-state index in [1.54, 1.807) is 11.9 Å². The molecule has 0 spiro atoms. The van der Waals surface area contributed by atoms with Crippen LogP contribution in [0.5, 0.6) is 0 Å². The van der Waals surface area contributed by atoms with Crippen molar-refractivity contribution in [3.8, 4) is 0 Å². The Morgan fingerprint density at radius 1 is 0.925 bits per heavy atom. The second-order valence-electron chi connectivity index (χ2n) is 16.0. The molecule has 0 bridgehead atoms. The Kier molecular flexibility index (Phi) is 12.6. The second kappa shape index (κ2) is 17.1. The molecule has 12 nitrogen and oxygen atoms in total. The van der Waals surface area contributed by atoms with E-state index in [1.807, 2.05) is 56.8 Å². The number of likely N-dealkylation sites (N-methyl/N-ethyl adjacent to an activating group) is 1. The van der Waals surface area contributed by atoms with Gasteiger partial charge >= 0.3 is 6.09 Å². The summed E-state index contributed by atoms with van der Waals surface area (Å²) >= 11 is 1.81. The van der Waals surface area contributed by atoms with E-state index in [0.717, 1.165) is 101 Å². The predicted octanol–water partition coefficient (Wildman–Crippen LogP) is 5.37. The molecule has 2 N–H and O–H groups in total. The number of piperidine rings is 4. The normalized spacial score (nSPS) is 21.6. The lowest BCUT2D eigenvalue weighted by Crippen LogP contribution is -2.51. The van der Waals surface area contributed by atoms with Crippen LogP contribution in [0.25, 0.3) is 0 Å². The Morgan fingerprint density at radius 3 is 2.28 bits per heavy atom. The standard InChI is InChI=1S/C40H57N7O5S/c1-40(2,3)52-39(51)41-29-16-24-47(25-17-29)53-32-9-6-8-31(26-32)46-22-18-30(19-23-46)45-20-14-28(15-21-45)33-10-7-11-34(37(33)43(4)27-48)44(5)35-12-13-36(49)42-38(35)50/h6-11,26-30,35H,12-25H2,1-5H3,(H,41,51)(H,42,49,50). The van der Waals surface area contributed by atoms with Crippen LogP contribution in [0.3, 0.4) is 0 Å². The zero-order valence-corrected chi connectivity index (χ0v) is 32.8. The van der Waals surface area contributed by atoms with Crippen LogP contribution in [0.1, 0.15) is 83.6 Å². The lowest BCUT2D eigenvalue weighted by atomic mass is 9.86. The molecule has 1 unspecified atom stereocenters. The first kappa shape index (κ1) is 38.9. The fraction of sp³-hybridized carbons (Fsp3) is 0.600. The Hall–Kier alpha value is -3.81. The Labute approximate surface area is 319 Å². The number of alkyl carbamates (subject to hydrolysis) is 1. The zero-order valence-electron chi connectivity index (χ0n) is 32.0. The average molecular weight is 748 g/mol. The van der Waals surface area contributed by atoms with E-state index < -0.39 is 11.6 Å². The molecule has 4 fully saturated rings. The van der Waals surface area contributed by atoms with E-state index in [-0.39, 0.29) is 23.9 Å². The van der Waals surface area contributed by atoms with Gasteiger partial charge in [0.1, 0.15) is 11.6 Å². The first-order valence-corrected chi connectivity index (χ1v) is 20.0. The molecule has 4 aliphatic rings. The Bertz CT molecular complexity index is 1610. The molecule has 2 aromatic carbocycles. The topological polar surface area (TPSA) is 118 Å². The van der Waals surface area contributed by atoms with Gasteiger partial charge in [0, 0.05) is 69.4 Å². The molecule has 4 saturated heterocycles. The third-order valence-corrected chi connectivity index (χ3v) is 12.2. The van der Waals surface area contributed by atoms with Crippen LogP contribution in [-0.2, 0) is 19.1 Å². The van der Waals surface area contributed by atoms with Crippen LogP contribution in [0.4, 0.5) is 21.9 Å². The smallest absolute Gasteiger partial charge is 0.407 e. The highest BCUT2D eigenvalue weighted by molar-refractivity contribution is 7.97. The van der Waals surface area contributed by atoms with Gasteiger partial charge in [-0.1, -0.05) is 18.2 Å². The maximum absolute atomic E-state index is 12.7. The monoisotopic (exact) mass is 747 g/mol. The maximum Gasteiger partial charge on any atom is 0.407 e. The van der Waals surface area contributed by atoms with Gasteiger partial charge in [0.2, 0.25) is 18.2 Å². The predicted molar refractivity (Wildman–Crippen MR) is 211 cm³/mol. The van der Waals surface area contributed by atoms with E-state index in [4.69, 9.17) is 4.74 Å². The van der Waals surface area contributed by atoms with Crippen molar-refractivity contribution in [1.29, 1.82) is 0 Å². The summed E-state index contributed by atoms with van der Waals surface area (Å²) in [6, 6.07) is 15.3. The Morgan fingerprint density at radius 2 is 1.62 bits per heavy atom. The number of anilines is 3. The van der Waals surface area contributed by atoms with Crippen molar-refractivity contribution >= 4 is 53.3 Å². The third kappa shape index (κ3) is 9.85. The van der Waals surface area contributed by atoms with Gasteiger partial charge in [-0.3, -0.25) is 19.7 Å². The van der Waals surface area contributed by atoms with Crippen molar-refractivity contribution in [2.45, 2.75) is 107 Å². The molecule has 6 rings (SSSR count). The number of para-hydroxylation sites is 1. The van der Waals surface area contributed by atoms with Crippen molar-refractivity contribution in [3.63, 3.8) is 0 Å². The lowest BCUT2D eigenvalue weighted by molar-refractivity contribution is -0.134. The molecule has 4 aliphatic heterocycles. The number of benzene rings is 2. The van der Waals surface area contributed by atoms with Crippen molar-refractivity contribution in [2.75, 3.05) is 68.1 Å². The summed E-state index contributed by atoms with van der Waals surface area (Å²) in [6.07, 6.45) is 7.36. The van der Waals surface area contributed by atoms with Gasteiger partial charge < -0.3 is 29.7 Å². The maximum atomic E-state index is 12.7. The van der Waals surface area contributed by atoms with Crippen LogP contribution in [0.2, 0.25) is 0 Å². The number of amides is 4. The summed E-state index contributed by atoms with van der Waals surface area (Å²) in [5.74, 6) is -0.214. The van der Waals surface area contributed by atoms with Crippen molar-refractivity contribution in [1.82, 2.24) is 19.8 Å². The van der Waals surface area contributed by atoms with E-state index in [2.05, 4.69) is 55.1 Å². The second-order valence-corrected chi connectivity index (χ2v) is 17.1. The van der Waals surface area contributed by atoms with E-state index in [9.17, 15) is 19.2 Å². The number of carbonyl (C=O) groups is 4. The lowest BCUT2D eigenvalue weighted by Gasteiger charge is -2.43. The van der Waals surface area contributed by atoms with Gasteiger partial charge in [0.15, 0.2) is 0 Å². The largest absolute Gasteiger partial charge is 0.444 e. The molecule has 1 atom stereocenters. The number of hydrogen-bond acceptors (Lipinski definition) is 10. The number of nitrogens with zero attached hydrogens (tertiary/aromatic N) is 5. The van der Waals surface area contributed by atoms with Gasteiger partial charge in [-0.25, -0.2) is 9.10 Å². The highest BCUT2D eigenvalue weighted by Crippen LogP contribution is 2.41. The number of nitrogens with one attached hydrogen (secondary N) is 2. The van der Waals surface area contributed by atoms with E-state index in [0.29, 0.717) is 24.8 Å². The molecule has 4 amide bonds. The van der Waals surface area contributed by atoms with E-state index >= 15 is 0 Å². The minimum Gasteiger partial charge on any atom is -0.444 e. The van der Waals surface area contributed by atoms with Gasteiger partial charge in [-0.2, -0.15) is 0 Å². The molecular weight excluding hydrogens is 691 g/mol. The molecule has 53 heavy (non-hydrogen) atoms. The van der Waals surface area contributed by atoms with Crippen molar-refractivity contribution < 1.29 is 23.9 Å². The first-order chi connectivity index (χ1) is 25.4. The molecule has 0 aromatic heterocycles. The summed E-state index contributed by atoms with van der Waals surface area (Å²) in [4.78, 5) is 58.8. The van der Waals surface area contributed by atoms with Gasteiger partial charge in [0.25, 0.3) is 0 Å². The third-order valence-electron chi connectivity index (χ3n) is 11.2. The van der Waals surface area contributed by atoms with Gasteiger partial charge in [-0.15, -0.1) is 0 Å². The SMILES string of the molecule is CN(C=O)c1c(C2CCN(C3CCN(c4cccc(SN5CCC(NC(=O)OC(C)(C)C)CC5)c4)CC3)CC2)cccc1N(C)C1CCC(=O)NC1=O. The van der Waals surface area contributed by atoms with E-state index in [1.165, 1.54) is 10.6 Å². The quantitative estimate of drug-likeness (QED) is 0.187. The zero-order chi connectivity index (χ0) is 37.7. The van der Waals surface area contributed by atoms with Gasteiger partial charge in [0.05, 0.1) is 11.4 Å². The molecule has 0 saturated carbocycles. The summed E-state index contributed by atoms with van der Waals surface area (Å²) in [6.45, 7) is 11.6. The molecule has 13 heteroatoms. The van der Waals surface area contributed by atoms with Crippen LogP contribution in [0.15, 0.2) is 47.4 Å². The molecule has 0 radical (unpaired) electrons. The minimum absolute atomic E-state index is 0.145. The number of imide groups is 1. The molecule has 2 aromatic rings. The molecule has 288 valence electrons. The van der Waals surface area contributed by atoms with Crippen LogP contribution >= 0.6 is 11.9 Å². The van der Waals surface area contributed by atoms with Crippen molar-refractivity contribution in [3.05, 3.63) is 48.0 Å². The molecular formula is C40H57N7O5S. The van der Waals surface area contributed by atoms with Crippen LogP contribution in [-0.4, -0.2) is 111 Å². The minimum atomic E-state index is -0.491. The summed E-state index contributed by atoms with van der Waals surface area (Å²) in [5.41, 5.74) is 3.62. The summed E-state index contributed by atoms with van der Waals surface area (Å²) in [7, 11) is 3.66. The number of hydrogen-bond donors (Lipinski definition) is 2. The van der Waals surface area contributed by atoms with Crippen LogP contribution in [0, 0.1) is 0 Å². The number of likely N-dealkylation sites (tertiary alicyclic amines) is 1. The number of ether oxygens (including phenoxy) is 1. The number of rotatable bonds is 10. The van der Waals surface area contributed by atoms with Crippen LogP contribution < -0.4 is 25.3 Å². The molecule has 4 heterocycles. The highest BCUT2D eigenvalue weighted by Gasteiger charge is 2.34. The first-order valence-electron chi connectivity index (χ1n) is 19.3. The highest BCUT2D eigenvalue weighted by atomic mass is 32.2. The summed E-state index contributed by atoms with van der Waals surface area (Å²) in [5, 5.41) is 5.50. The van der Waals surface area contributed by atoms with Crippen molar-refractivity contribution in [2.24, 2.45) is 0 Å². The fourth-order valence-corrected chi connectivity index (χ4v) is 9.34. The summed E-state index contributed by atoms with van der Waals surface area (Å²) < 4.78 is 7.83. The molecule has 0 aliphatic carbocycles. The average Bonchev–Trinajstić information content (AvgIpc) is 3.14. The Balaban J connectivity index is 0.992. The van der Waals surface area contributed by atoms with Gasteiger partial charge in [-0.05, 0) is 127 Å². The fourth-order valence-electron chi connectivity index (χ4n) is 8.34. The number of carbonyl (C=O) groups excluding carboxylic acids is 4.